The van der Waals surface area contributed by atoms with Crippen molar-refractivity contribution in [2.75, 3.05) is 13.2 Å². The molecule has 254 valence electrons. The van der Waals surface area contributed by atoms with Crippen molar-refractivity contribution in [3.05, 3.63) is 65.7 Å². The highest BCUT2D eigenvalue weighted by Gasteiger charge is 2.38. The molecule has 0 aliphatic rings. The molecule has 11 nitrogen and oxygen atoms in total. The number of aliphatic hydroxyl groups is 1. The molecule has 11 heteroatoms. The van der Waals surface area contributed by atoms with E-state index in [-0.39, 0.29) is 18.7 Å². The Kier molecular flexibility index (Phi) is 14.5. The molecule has 46 heavy (non-hydrogen) atoms. The largest absolute Gasteiger partial charge is 0.508 e. The molecule has 0 aromatic heterocycles. The van der Waals surface area contributed by atoms with Gasteiger partial charge in [-0.15, -0.1) is 0 Å². The Morgan fingerprint density at radius 2 is 1.41 bits per heavy atom. The van der Waals surface area contributed by atoms with Crippen molar-refractivity contribution in [3.8, 4) is 5.75 Å². The standard InChI is InChI=1S/C35H51N3O8/c1-8-9-10-14-21-38(31(42)28(23-39)37-33(44)46-35(5,6)7)29(25-17-19-26(40)20-18-25)30(41)36-27(32(43)45-34(2,3)4)22-24-15-12-11-13-16-24/h11-13,15-20,27-29,39-40H,8-10,14,21-23H2,1-7H3,(H,36,41)(H,37,44). The van der Waals surface area contributed by atoms with Crippen LogP contribution in [-0.2, 0) is 30.3 Å². The molecule has 3 amide bonds. The molecule has 2 rings (SSSR count). The maximum Gasteiger partial charge on any atom is 0.408 e. The molecule has 0 heterocycles. The molecule has 3 unspecified atom stereocenters. The maximum absolute atomic E-state index is 14.3. The number of unbranched alkanes of at least 4 members (excludes halogenated alkanes) is 3. The zero-order valence-corrected chi connectivity index (χ0v) is 28.2. The lowest BCUT2D eigenvalue weighted by Gasteiger charge is -2.35. The number of aromatic hydroxyl groups is 1. The van der Waals surface area contributed by atoms with Crippen molar-refractivity contribution in [1.82, 2.24) is 15.5 Å². The van der Waals surface area contributed by atoms with Crippen LogP contribution in [0.25, 0.3) is 0 Å². The lowest BCUT2D eigenvalue weighted by Crippen LogP contribution is -2.56. The monoisotopic (exact) mass is 641 g/mol. The Bertz CT molecular complexity index is 1270. The molecule has 2 aromatic rings. The number of amides is 3. The Hall–Kier alpha value is -4.12. The van der Waals surface area contributed by atoms with Gasteiger partial charge in [0.05, 0.1) is 6.61 Å². The van der Waals surface area contributed by atoms with Crippen LogP contribution in [0.15, 0.2) is 54.6 Å². The van der Waals surface area contributed by atoms with Gasteiger partial charge in [0.25, 0.3) is 0 Å². The third-order valence-electron chi connectivity index (χ3n) is 6.77. The third kappa shape index (κ3) is 13.1. The minimum atomic E-state index is -1.42. The van der Waals surface area contributed by atoms with Gasteiger partial charge < -0.3 is 35.2 Å². The highest BCUT2D eigenvalue weighted by atomic mass is 16.6. The first-order chi connectivity index (χ1) is 21.5. The molecule has 0 saturated carbocycles. The molecule has 3 atom stereocenters. The first-order valence-electron chi connectivity index (χ1n) is 15.8. The van der Waals surface area contributed by atoms with Crippen molar-refractivity contribution in [2.24, 2.45) is 0 Å². The summed E-state index contributed by atoms with van der Waals surface area (Å²) in [5, 5.41) is 25.5. The normalized spacial score (nSPS) is 13.6. The maximum atomic E-state index is 14.3. The van der Waals surface area contributed by atoms with Gasteiger partial charge in [-0.2, -0.15) is 0 Å². The molecular weight excluding hydrogens is 590 g/mol. The molecule has 0 aliphatic heterocycles. The number of nitrogens with zero attached hydrogens (tertiary/aromatic N) is 1. The first-order valence-corrected chi connectivity index (χ1v) is 15.8. The van der Waals surface area contributed by atoms with Crippen LogP contribution >= 0.6 is 0 Å². The molecule has 4 N–H and O–H groups in total. The van der Waals surface area contributed by atoms with Gasteiger partial charge in [-0.25, -0.2) is 9.59 Å². The number of aliphatic hydroxyl groups excluding tert-OH is 1. The van der Waals surface area contributed by atoms with E-state index >= 15 is 0 Å². The number of nitrogens with one attached hydrogen (secondary N) is 2. The van der Waals surface area contributed by atoms with Crippen LogP contribution in [0.1, 0.15) is 91.3 Å². The summed E-state index contributed by atoms with van der Waals surface area (Å²) >= 11 is 0. The summed E-state index contributed by atoms with van der Waals surface area (Å²) in [4.78, 5) is 55.7. The van der Waals surface area contributed by atoms with Crippen molar-refractivity contribution in [2.45, 2.75) is 110 Å². The van der Waals surface area contributed by atoms with Crippen molar-refractivity contribution >= 4 is 23.9 Å². The molecule has 0 radical (unpaired) electrons. The van der Waals surface area contributed by atoms with Gasteiger partial charge in [0, 0.05) is 13.0 Å². The van der Waals surface area contributed by atoms with Gasteiger partial charge in [-0.1, -0.05) is 68.7 Å². The summed E-state index contributed by atoms with van der Waals surface area (Å²) in [5.41, 5.74) is -0.530. The fourth-order valence-electron chi connectivity index (χ4n) is 4.71. The fourth-order valence-corrected chi connectivity index (χ4v) is 4.71. The number of rotatable bonds is 15. The molecule has 0 spiro atoms. The summed E-state index contributed by atoms with van der Waals surface area (Å²) < 4.78 is 11.0. The van der Waals surface area contributed by atoms with Gasteiger partial charge in [0.15, 0.2) is 0 Å². The number of hydrogen-bond donors (Lipinski definition) is 4. The zero-order valence-electron chi connectivity index (χ0n) is 28.2. The summed E-state index contributed by atoms with van der Waals surface area (Å²) in [6, 6.07) is 11.2. The van der Waals surface area contributed by atoms with E-state index in [0.29, 0.717) is 12.0 Å². The van der Waals surface area contributed by atoms with Gasteiger partial charge >= 0.3 is 12.1 Å². The zero-order chi connectivity index (χ0) is 34.5. The molecule has 0 saturated heterocycles. The summed E-state index contributed by atoms with van der Waals surface area (Å²) in [6.07, 6.45) is 2.37. The molecular formula is C35H51N3O8. The average Bonchev–Trinajstić information content (AvgIpc) is 2.96. The Morgan fingerprint density at radius 3 is 1.96 bits per heavy atom. The predicted octanol–water partition coefficient (Wildman–Crippen LogP) is 4.80. The molecule has 0 fully saturated rings. The number of carbonyl (C=O) groups is 4. The number of phenolic OH excluding ortho intramolecular Hbond substituents is 1. The Balaban J connectivity index is 2.56. The number of ether oxygens (including phenoxy) is 2. The van der Waals surface area contributed by atoms with Crippen molar-refractivity contribution in [3.63, 3.8) is 0 Å². The Labute approximate surface area is 272 Å². The van der Waals surface area contributed by atoms with Gasteiger partial charge in [-0.05, 0) is 71.2 Å². The predicted molar refractivity (Wildman–Crippen MR) is 175 cm³/mol. The van der Waals surface area contributed by atoms with Crippen LogP contribution < -0.4 is 10.6 Å². The summed E-state index contributed by atoms with van der Waals surface area (Å²) in [6.45, 7) is 11.6. The van der Waals surface area contributed by atoms with Gasteiger partial charge in [-0.3, -0.25) is 9.59 Å². The number of benzene rings is 2. The third-order valence-corrected chi connectivity index (χ3v) is 6.77. The second-order valence-corrected chi connectivity index (χ2v) is 13.3. The van der Waals surface area contributed by atoms with Gasteiger partial charge in [0.1, 0.15) is 35.1 Å². The van der Waals surface area contributed by atoms with E-state index in [2.05, 4.69) is 10.6 Å². The van der Waals surface area contributed by atoms with Crippen LogP contribution in [0.2, 0.25) is 0 Å². The molecule has 0 bridgehead atoms. The second kappa shape index (κ2) is 17.5. The number of phenols is 1. The minimum Gasteiger partial charge on any atom is -0.508 e. The Morgan fingerprint density at radius 1 is 0.804 bits per heavy atom. The van der Waals surface area contributed by atoms with E-state index in [4.69, 9.17) is 9.47 Å². The van der Waals surface area contributed by atoms with Crippen LogP contribution in [-0.4, -0.2) is 75.4 Å². The van der Waals surface area contributed by atoms with E-state index in [1.807, 2.05) is 37.3 Å². The van der Waals surface area contributed by atoms with Gasteiger partial charge in [0.2, 0.25) is 11.8 Å². The van der Waals surface area contributed by atoms with E-state index in [1.165, 1.54) is 29.2 Å². The topological polar surface area (TPSA) is 154 Å². The van der Waals surface area contributed by atoms with Crippen LogP contribution in [0.3, 0.4) is 0 Å². The average molecular weight is 642 g/mol. The number of esters is 1. The quantitative estimate of drug-likeness (QED) is 0.160. The number of carbonyl (C=O) groups excluding carboxylic acids is 4. The van der Waals surface area contributed by atoms with Crippen LogP contribution in [0, 0.1) is 0 Å². The van der Waals surface area contributed by atoms with E-state index in [0.717, 1.165) is 24.8 Å². The lowest BCUT2D eigenvalue weighted by atomic mass is 10.00. The molecule has 0 aliphatic carbocycles. The van der Waals surface area contributed by atoms with E-state index in [9.17, 15) is 29.4 Å². The van der Waals surface area contributed by atoms with Crippen LogP contribution in [0.5, 0.6) is 5.75 Å². The number of hydrogen-bond acceptors (Lipinski definition) is 8. The van der Waals surface area contributed by atoms with Crippen LogP contribution in [0.4, 0.5) is 4.79 Å². The van der Waals surface area contributed by atoms with Crippen molar-refractivity contribution in [1.29, 1.82) is 0 Å². The minimum absolute atomic E-state index is 0.0423. The van der Waals surface area contributed by atoms with E-state index in [1.54, 1.807) is 41.5 Å². The molecule has 2 aromatic carbocycles. The van der Waals surface area contributed by atoms with E-state index < -0.39 is 59.8 Å². The smallest absolute Gasteiger partial charge is 0.408 e. The SMILES string of the molecule is CCCCCCN(C(=O)C(CO)NC(=O)OC(C)(C)C)C(C(=O)NC(Cc1ccccc1)C(=O)OC(C)(C)C)c1ccc(O)cc1. The fraction of sp³-hybridized carbons (Fsp3) is 0.543. The summed E-state index contributed by atoms with van der Waals surface area (Å²) in [5.74, 6) is -2.07. The number of alkyl carbamates (subject to hydrolysis) is 1. The highest BCUT2D eigenvalue weighted by Crippen LogP contribution is 2.26. The first kappa shape index (κ1) is 38.1. The summed E-state index contributed by atoms with van der Waals surface area (Å²) in [7, 11) is 0. The second-order valence-electron chi connectivity index (χ2n) is 13.3. The lowest BCUT2D eigenvalue weighted by molar-refractivity contribution is -0.159. The highest BCUT2D eigenvalue weighted by molar-refractivity contribution is 5.94. The van der Waals surface area contributed by atoms with Crippen molar-refractivity contribution < 1.29 is 38.9 Å².